The number of hydrogen-bond acceptors (Lipinski definition) is 7. The number of carbonyl (C=O) groups is 4. The van der Waals surface area contributed by atoms with E-state index in [-0.39, 0.29) is 37.3 Å². The van der Waals surface area contributed by atoms with Gasteiger partial charge in [0.05, 0.1) is 30.7 Å². The summed E-state index contributed by atoms with van der Waals surface area (Å²) in [5.41, 5.74) is 1.77. The molecule has 4 aliphatic heterocycles. The maximum absolute atomic E-state index is 15.0. The second kappa shape index (κ2) is 13.9. The average Bonchev–Trinajstić information content (AvgIpc) is 3.46. The first-order valence-electron chi connectivity index (χ1n) is 17.4. The fraction of sp³-hybridized carbons (Fsp3) is 0.487. The standard InChI is InChI=1S/C39H47N3O7/c1-23(2)21-28(22-43)42-35-37(46)41(33-24(3)13-11-14-25(33)4)20-12-19-39(35)32(36(42)45)31-29(49-39)17-9-10-18-30(44)40-26(5)34(48-38(31)47)27-15-7-6-8-16-27/h6-9,11-17,19,23,26,28-29,31-32,34-35,43H,10,18,20-22H2,1-5H3,(H,40,44)/b17-9-/t26-,28-,29-,31+,32+,34+,35-,39+/m1/s1. The van der Waals surface area contributed by atoms with Gasteiger partial charge in [0, 0.05) is 18.7 Å². The number of aliphatic hydroxyl groups is 1. The van der Waals surface area contributed by atoms with Crippen molar-refractivity contribution in [3.8, 4) is 0 Å². The number of ether oxygens (including phenoxy) is 2. The third-order valence-electron chi connectivity index (χ3n) is 10.3. The van der Waals surface area contributed by atoms with Crippen molar-refractivity contribution >= 4 is 29.4 Å². The zero-order valence-corrected chi connectivity index (χ0v) is 28.9. The molecule has 2 saturated heterocycles. The van der Waals surface area contributed by atoms with Crippen molar-refractivity contribution in [2.24, 2.45) is 17.8 Å². The fourth-order valence-electron chi connectivity index (χ4n) is 8.29. The maximum Gasteiger partial charge on any atom is 0.313 e. The molecule has 0 radical (unpaired) electrons. The monoisotopic (exact) mass is 669 g/mol. The summed E-state index contributed by atoms with van der Waals surface area (Å²) in [5, 5.41) is 13.7. The van der Waals surface area contributed by atoms with E-state index in [0.29, 0.717) is 18.4 Å². The van der Waals surface area contributed by atoms with Gasteiger partial charge in [-0.2, -0.15) is 0 Å². The quantitative estimate of drug-likeness (QED) is 0.347. The minimum absolute atomic E-state index is 0.110. The molecule has 6 rings (SSSR count). The lowest BCUT2D eigenvalue weighted by Gasteiger charge is -2.39. The largest absolute Gasteiger partial charge is 0.455 e. The first kappa shape index (κ1) is 34.6. The highest BCUT2D eigenvalue weighted by atomic mass is 16.6. The molecular weight excluding hydrogens is 622 g/mol. The van der Waals surface area contributed by atoms with E-state index in [4.69, 9.17) is 9.47 Å². The Kier molecular flexibility index (Phi) is 9.82. The highest BCUT2D eigenvalue weighted by Gasteiger charge is 2.72. The highest BCUT2D eigenvalue weighted by Crippen LogP contribution is 2.54. The Morgan fingerprint density at radius 2 is 1.69 bits per heavy atom. The highest BCUT2D eigenvalue weighted by molar-refractivity contribution is 6.06. The molecular formula is C39H47N3O7. The number of para-hydroxylation sites is 1. The molecule has 2 aromatic carbocycles. The number of likely N-dealkylation sites (tertiary alicyclic amines) is 1. The lowest BCUT2D eigenvalue weighted by Crippen LogP contribution is -2.58. The third kappa shape index (κ3) is 6.21. The number of aliphatic hydroxyl groups excluding tert-OH is 1. The van der Waals surface area contributed by atoms with Crippen molar-refractivity contribution < 1.29 is 33.8 Å². The van der Waals surface area contributed by atoms with Gasteiger partial charge in [-0.05, 0) is 56.2 Å². The minimum atomic E-state index is -1.51. The Morgan fingerprint density at radius 1 is 0.980 bits per heavy atom. The Labute approximate surface area is 288 Å². The van der Waals surface area contributed by atoms with E-state index in [2.05, 4.69) is 5.32 Å². The molecule has 0 aromatic heterocycles. The van der Waals surface area contributed by atoms with Crippen LogP contribution < -0.4 is 10.2 Å². The summed E-state index contributed by atoms with van der Waals surface area (Å²) in [7, 11) is 0. The molecule has 2 fully saturated rings. The van der Waals surface area contributed by atoms with Crippen molar-refractivity contribution in [3.63, 3.8) is 0 Å². The number of aryl methyl sites for hydroxylation is 2. The average molecular weight is 670 g/mol. The van der Waals surface area contributed by atoms with E-state index in [9.17, 15) is 19.5 Å². The normalized spacial score (nSPS) is 31.6. The van der Waals surface area contributed by atoms with Gasteiger partial charge in [0.15, 0.2) is 0 Å². The molecule has 4 aliphatic rings. The Hall–Kier alpha value is -4.28. The second-order valence-electron chi connectivity index (χ2n) is 14.2. The molecule has 49 heavy (non-hydrogen) atoms. The second-order valence-corrected chi connectivity index (χ2v) is 14.2. The van der Waals surface area contributed by atoms with E-state index >= 15 is 4.79 Å². The zero-order chi connectivity index (χ0) is 35.0. The van der Waals surface area contributed by atoms with Gasteiger partial charge in [-0.15, -0.1) is 0 Å². The number of hydrogen-bond donors (Lipinski definition) is 2. The molecule has 2 N–H and O–H groups in total. The fourth-order valence-corrected chi connectivity index (χ4v) is 8.29. The first-order valence-corrected chi connectivity index (χ1v) is 17.4. The van der Waals surface area contributed by atoms with Crippen LogP contribution in [-0.2, 0) is 28.7 Å². The number of allylic oxidation sites excluding steroid dienone is 1. The van der Waals surface area contributed by atoms with E-state index < -0.39 is 59.6 Å². The minimum Gasteiger partial charge on any atom is -0.455 e. The topological polar surface area (TPSA) is 125 Å². The van der Waals surface area contributed by atoms with E-state index in [0.717, 1.165) is 16.8 Å². The Balaban J connectivity index is 1.49. The molecule has 2 aromatic rings. The van der Waals surface area contributed by atoms with Crippen LogP contribution in [0.15, 0.2) is 72.8 Å². The maximum atomic E-state index is 15.0. The molecule has 260 valence electrons. The number of anilines is 1. The molecule has 0 bridgehead atoms. The smallest absolute Gasteiger partial charge is 0.313 e. The van der Waals surface area contributed by atoms with E-state index in [1.807, 2.05) is 82.3 Å². The van der Waals surface area contributed by atoms with E-state index in [1.54, 1.807) is 30.1 Å². The van der Waals surface area contributed by atoms with Crippen LogP contribution in [0.25, 0.3) is 0 Å². The van der Waals surface area contributed by atoms with Crippen LogP contribution in [-0.4, -0.2) is 76.7 Å². The van der Waals surface area contributed by atoms with E-state index in [1.165, 1.54) is 4.90 Å². The predicted octanol–water partition coefficient (Wildman–Crippen LogP) is 4.33. The van der Waals surface area contributed by atoms with Crippen molar-refractivity contribution in [1.82, 2.24) is 10.2 Å². The number of esters is 1. The number of rotatable bonds is 6. The van der Waals surface area contributed by atoms with Crippen LogP contribution in [0.1, 0.15) is 62.8 Å². The van der Waals surface area contributed by atoms with Crippen LogP contribution in [0.4, 0.5) is 5.69 Å². The first-order chi connectivity index (χ1) is 23.5. The molecule has 3 amide bonds. The summed E-state index contributed by atoms with van der Waals surface area (Å²) < 4.78 is 13.2. The number of fused-ring (bicyclic) bond motifs is 2. The number of benzene rings is 2. The Morgan fingerprint density at radius 3 is 2.37 bits per heavy atom. The summed E-state index contributed by atoms with van der Waals surface area (Å²) in [6.45, 7) is 9.59. The zero-order valence-electron chi connectivity index (χ0n) is 28.9. The van der Waals surface area contributed by atoms with Gasteiger partial charge in [0.2, 0.25) is 11.8 Å². The molecule has 10 heteroatoms. The molecule has 0 aliphatic carbocycles. The van der Waals surface area contributed by atoms with Crippen molar-refractivity contribution in [2.75, 3.05) is 18.1 Å². The van der Waals surface area contributed by atoms with Crippen LogP contribution in [0.2, 0.25) is 0 Å². The van der Waals surface area contributed by atoms with Crippen molar-refractivity contribution in [3.05, 3.63) is 89.5 Å². The number of nitrogens with zero attached hydrogens (tertiary/aromatic N) is 2. The Bertz CT molecular complexity index is 1630. The lowest BCUT2D eigenvalue weighted by molar-refractivity contribution is -0.162. The van der Waals surface area contributed by atoms with Crippen molar-refractivity contribution in [1.29, 1.82) is 0 Å². The van der Waals surface area contributed by atoms with Crippen LogP contribution in [0.3, 0.4) is 0 Å². The molecule has 1 spiro atoms. The van der Waals surface area contributed by atoms with Gasteiger partial charge >= 0.3 is 5.97 Å². The molecule has 4 heterocycles. The third-order valence-corrected chi connectivity index (χ3v) is 10.3. The molecule has 0 unspecified atom stereocenters. The summed E-state index contributed by atoms with van der Waals surface area (Å²) >= 11 is 0. The predicted molar refractivity (Wildman–Crippen MR) is 184 cm³/mol. The summed E-state index contributed by atoms with van der Waals surface area (Å²) in [6.07, 6.45) is 6.50. The van der Waals surface area contributed by atoms with Gasteiger partial charge < -0.3 is 29.7 Å². The molecule has 0 saturated carbocycles. The van der Waals surface area contributed by atoms with Crippen molar-refractivity contribution in [2.45, 2.75) is 89.8 Å². The summed E-state index contributed by atoms with van der Waals surface area (Å²) in [5.74, 6) is -3.66. The number of nitrogens with one attached hydrogen (secondary N) is 1. The van der Waals surface area contributed by atoms with Gasteiger partial charge in [-0.1, -0.05) is 86.7 Å². The summed E-state index contributed by atoms with van der Waals surface area (Å²) in [4.78, 5) is 60.5. The van der Waals surface area contributed by atoms with Crippen LogP contribution in [0, 0.1) is 31.6 Å². The summed E-state index contributed by atoms with van der Waals surface area (Å²) in [6, 6.07) is 12.7. The van der Waals surface area contributed by atoms with Gasteiger partial charge in [-0.25, -0.2) is 0 Å². The van der Waals surface area contributed by atoms with Crippen LogP contribution >= 0.6 is 0 Å². The SMILES string of the molecule is Cc1cccc(C)c1N1CC=C[C@]23O[C@@H]4/C=C\CCC(=O)N[C@H](C)[C@@H](c5ccccc5)OC(=O)[C@@H]4[C@H]2C(=O)N([C@@H](CO)CC(C)C)[C@@H]3C1=O. The van der Waals surface area contributed by atoms with Gasteiger partial charge in [-0.3, -0.25) is 19.2 Å². The van der Waals surface area contributed by atoms with Gasteiger partial charge in [0.1, 0.15) is 23.7 Å². The number of amides is 3. The number of cyclic esters (lactones) is 1. The molecule has 8 atom stereocenters. The number of carbonyl (C=O) groups excluding carboxylic acids is 4. The van der Waals surface area contributed by atoms with Gasteiger partial charge in [0.25, 0.3) is 5.91 Å². The lowest BCUT2D eigenvalue weighted by atomic mass is 9.77. The molecule has 10 nitrogen and oxygen atoms in total. The van der Waals surface area contributed by atoms with Crippen LogP contribution in [0.5, 0.6) is 0 Å².